The van der Waals surface area contributed by atoms with Crippen LogP contribution in [0, 0.1) is 0 Å². The zero-order valence-electron chi connectivity index (χ0n) is 9.56. The zero-order valence-corrected chi connectivity index (χ0v) is 9.56. The molecule has 6 nitrogen and oxygen atoms in total. The maximum Gasteiger partial charge on any atom is 0.242 e. The van der Waals surface area contributed by atoms with Gasteiger partial charge < -0.3 is 15.2 Å². The van der Waals surface area contributed by atoms with E-state index in [1.807, 2.05) is 10.8 Å². The van der Waals surface area contributed by atoms with Crippen molar-refractivity contribution in [2.75, 3.05) is 6.54 Å². The second-order valence-electron chi connectivity index (χ2n) is 4.10. The minimum absolute atomic E-state index is 0.0384. The minimum Gasteiger partial charge on any atom is -0.354 e. The molecule has 0 aliphatic carbocycles. The third kappa shape index (κ3) is 3.30. The fraction of sp³-hybridized carbons (Fsp3) is 0.545. The smallest absolute Gasteiger partial charge is 0.242 e. The molecule has 1 aromatic rings. The van der Waals surface area contributed by atoms with Gasteiger partial charge in [-0.1, -0.05) is 0 Å². The highest BCUT2D eigenvalue weighted by Crippen LogP contribution is 2.05. The summed E-state index contributed by atoms with van der Waals surface area (Å²) in [5.74, 6) is -0.120. The Labute approximate surface area is 99.4 Å². The van der Waals surface area contributed by atoms with Crippen LogP contribution in [0.15, 0.2) is 18.7 Å². The summed E-state index contributed by atoms with van der Waals surface area (Å²) in [4.78, 5) is 26.5. The molecule has 2 amide bonds. The number of hydrogen-bond acceptors (Lipinski definition) is 3. The SMILES string of the molecule is O=C1CC[C@@H](C(=O)NCCCn2ccnc2)N1. The molecule has 6 heteroatoms. The number of hydrogen-bond donors (Lipinski definition) is 2. The number of nitrogens with zero attached hydrogens (tertiary/aromatic N) is 2. The lowest BCUT2D eigenvalue weighted by atomic mass is 10.2. The number of amides is 2. The molecule has 1 aromatic heterocycles. The second-order valence-corrected chi connectivity index (χ2v) is 4.10. The van der Waals surface area contributed by atoms with Gasteiger partial charge >= 0.3 is 0 Å². The van der Waals surface area contributed by atoms with Gasteiger partial charge in [0.15, 0.2) is 0 Å². The van der Waals surface area contributed by atoms with Crippen molar-refractivity contribution in [3.8, 4) is 0 Å². The molecule has 0 saturated carbocycles. The summed E-state index contributed by atoms with van der Waals surface area (Å²) in [5.41, 5.74) is 0. The number of carbonyl (C=O) groups excluding carboxylic acids is 2. The Morgan fingerprint density at radius 2 is 2.53 bits per heavy atom. The standard InChI is InChI=1S/C11H16N4O2/c16-10-3-2-9(14-10)11(17)13-4-1-6-15-7-5-12-8-15/h5,7-9H,1-4,6H2,(H,13,17)(H,14,16)/t9-/m0/s1. The van der Waals surface area contributed by atoms with E-state index in [-0.39, 0.29) is 17.9 Å². The van der Waals surface area contributed by atoms with Gasteiger partial charge in [-0.05, 0) is 12.8 Å². The van der Waals surface area contributed by atoms with E-state index in [1.54, 1.807) is 12.5 Å². The van der Waals surface area contributed by atoms with Crippen molar-refractivity contribution < 1.29 is 9.59 Å². The highest BCUT2D eigenvalue weighted by molar-refractivity contribution is 5.90. The van der Waals surface area contributed by atoms with E-state index in [4.69, 9.17) is 0 Å². The van der Waals surface area contributed by atoms with Crippen LogP contribution >= 0.6 is 0 Å². The van der Waals surface area contributed by atoms with Crippen molar-refractivity contribution >= 4 is 11.8 Å². The Balaban J connectivity index is 1.62. The van der Waals surface area contributed by atoms with E-state index >= 15 is 0 Å². The molecule has 17 heavy (non-hydrogen) atoms. The first-order valence-corrected chi connectivity index (χ1v) is 5.78. The lowest BCUT2D eigenvalue weighted by molar-refractivity contribution is -0.125. The molecule has 1 atom stereocenters. The molecular formula is C11H16N4O2. The van der Waals surface area contributed by atoms with Gasteiger partial charge in [-0.15, -0.1) is 0 Å². The Morgan fingerprint density at radius 3 is 3.18 bits per heavy atom. The Bertz CT molecular complexity index is 388. The first-order chi connectivity index (χ1) is 8.25. The molecule has 2 rings (SSSR count). The second kappa shape index (κ2) is 5.47. The molecule has 0 unspecified atom stereocenters. The number of rotatable bonds is 5. The quantitative estimate of drug-likeness (QED) is 0.687. The van der Waals surface area contributed by atoms with E-state index in [1.165, 1.54) is 0 Å². The van der Waals surface area contributed by atoms with Gasteiger partial charge in [-0.25, -0.2) is 4.98 Å². The lowest BCUT2D eigenvalue weighted by Crippen LogP contribution is -2.42. The van der Waals surface area contributed by atoms with Crippen molar-refractivity contribution in [1.29, 1.82) is 0 Å². The first kappa shape index (κ1) is 11.6. The van der Waals surface area contributed by atoms with Crippen LogP contribution < -0.4 is 10.6 Å². The molecule has 0 spiro atoms. The molecular weight excluding hydrogens is 220 g/mol. The highest BCUT2D eigenvalue weighted by Gasteiger charge is 2.26. The predicted octanol–water partition coefficient (Wildman–Crippen LogP) is -0.332. The van der Waals surface area contributed by atoms with Gasteiger partial charge in [0, 0.05) is 31.9 Å². The van der Waals surface area contributed by atoms with E-state index < -0.39 is 0 Å². The van der Waals surface area contributed by atoms with Crippen LogP contribution in [0.4, 0.5) is 0 Å². The summed E-state index contributed by atoms with van der Waals surface area (Å²) in [6.07, 6.45) is 7.27. The fourth-order valence-electron chi connectivity index (χ4n) is 1.83. The van der Waals surface area contributed by atoms with E-state index in [0.717, 1.165) is 13.0 Å². The average molecular weight is 236 g/mol. The van der Waals surface area contributed by atoms with Gasteiger partial charge in [0.2, 0.25) is 11.8 Å². The normalized spacial score (nSPS) is 19.1. The van der Waals surface area contributed by atoms with Crippen LogP contribution in [0.25, 0.3) is 0 Å². The van der Waals surface area contributed by atoms with Crippen molar-refractivity contribution in [3.63, 3.8) is 0 Å². The minimum atomic E-state index is -0.337. The summed E-state index contributed by atoms with van der Waals surface area (Å²) in [6, 6.07) is -0.337. The molecule has 1 aliphatic rings. The summed E-state index contributed by atoms with van der Waals surface area (Å²) >= 11 is 0. The number of aromatic nitrogens is 2. The number of aryl methyl sites for hydroxylation is 1. The van der Waals surface area contributed by atoms with Gasteiger partial charge in [0.1, 0.15) is 6.04 Å². The third-order valence-electron chi connectivity index (χ3n) is 2.76. The third-order valence-corrected chi connectivity index (χ3v) is 2.76. The van der Waals surface area contributed by atoms with Crippen LogP contribution in [0.2, 0.25) is 0 Å². The van der Waals surface area contributed by atoms with Crippen LogP contribution in [0.1, 0.15) is 19.3 Å². The summed E-state index contributed by atoms with van der Waals surface area (Å²) in [6.45, 7) is 1.45. The van der Waals surface area contributed by atoms with Crippen LogP contribution in [-0.4, -0.2) is 34.0 Å². The molecule has 2 N–H and O–H groups in total. The molecule has 1 fully saturated rings. The Hall–Kier alpha value is -1.85. The van der Waals surface area contributed by atoms with Gasteiger partial charge in [0.05, 0.1) is 6.33 Å². The largest absolute Gasteiger partial charge is 0.354 e. The van der Waals surface area contributed by atoms with Crippen molar-refractivity contribution in [2.45, 2.75) is 31.8 Å². The maximum absolute atomic E-state index is 11.6. The maximum atomic E-state index is 11.6. The number of carbonyl (C=O) groups is 2. The molecule has 2 heterocycles. The van der Waals surface area contributed by atoms with Crippen LogP contribution in [0.3, 0.4) is 0 Å². The molecule has 92 valence electrons. The average Bonchev–Trinajstić information content (AvgIpc) is 2.95. The van der Waals surface area contributed by atoms with Crippen molar-refractivity contribution in [1.82, 2.24) is 20.2 Å². The zero-order chi connectivity index (χ0) is 12.1. The highest BCUT2D eigenvalue weighted by atomic mass is 16.2. The molecule has 1 aliphatic heterocycles. The van der Waals surface area contributed by atoms with Crippen LogP contribution in [0.5, 0.6) is 0 Å². The number of nitrogens with one attached hydrogen (secondary N) is 2. The summed E-state index contributed by atoms with van der Waals surface area (Å²) < 4.78 is 1.96. The molecule has 0 bridgehead atoms. The van der Waals surface area contributed by atoms with Crippen molar-refractivity contribution in [2.24, 2.45) is 0 Å². The monoisotopic (exact) mass is 236 g/mol. The lowest BCUT2D eigenvalue weighted by Gasteiger charge is -2.10. The summed E-state index contributed by atoms with van der Waals surface area (Å²) in [5, 5.41) is 5.46. The van der Waals surface area contributed by atoms with Gasteiger partial charge in [-0.3, -0.25) is 9.59 Å². The van der Waals surface area contributed by atoms with Crippen LogP contribution in [-0.2, 0) is 16.1 Å². The molecule has 1 saturated heterocycles. The van der Waals surface area contributed by atoms with Crippen molar-refractivity contribution in [3.05, 3.63) is 18.7 Å². The Kier molecular flexibility index (Phi) is 3.74. The molecule has 0 radical (unpaired) electrons. The number of imidazole rings is 1. The van der Waals surface area contributed by atoms with Gasteiger partial charge in [0.25, 0.3) is 0 Å². The topological polar surface area (TPSA) is 76.0 Å². The fourth-order valence-corrected chi connectivity index (χ4v) is 1.83. The molecule has 0 aromatic carbocycles. The predicted molar refractivity (Wildman–Crippen MR) is 61.0 cm³/mol. The Morgan fingerprint density at radius 1 is 1.65 bits per heavy atom. The van der Waals surface area contributed by atoms with E-state index in [2.05, 4.69) is 15.6 Å². The van der Waals surface area contributed by atoms with Gasteiger partial charge in [-0.2, -0.15) is 0 Å². The van der Waals surface area contributed by atoms with E-state index in [0.29, 0.717) is 19.4 Å². The van der Waals surface area contributed by atoms with E-state index in [9.17, 15) is 9.59 Å². The summed E-state index contributed by atoms with van der Waals surface area (Å²) in [7, 11) is 0. The first-order valence-electron chi connectivity index (χ1n) is 5.78.